The summed E-state index contributed by atoms with van der Waals surface area (Å²) in [4.78, 5) is 14.0. The molecule has 0 aliphatic rings. The SMILES string of the molecule is O=c1cc(O)ncn1I. The zero-order valence-corrected chi connectivity index (χ0v) is 6.44. The molecule has 0 fully saturated rings. The van der Waals surface area contributed by atoms with E-state index in [1.54, 1.807) is 22.9 Å². The van der Waals surface area contributed by atoms with Crippen LogP contribution in [0.3, 0.4) is 0 Å². The van der Waals surface area contributed by atoms with Gasteiger partial charge >= 0.3 is 0 Å². The normalized spacial score (nSPS) is 9.44. The lowest BCUT2D eigenvalue weighted by Crippen LogP contribution is -2.09. The van der Waals surface area contributed by atoms with Crippen LogP contribution < -0.4 is 5.56 Å². The van der Waals surface area contributed by atoms with E-state index in [1.807, 2.05) is 0 Å². The summed E-state index contributed by atoms with van der Waals surface area (Å²) < 4.78 is 1.25. The highest BCUT2D eigenvalue weighted by Gasteiger charge is 1.91. The van der Waals surface area contributed by atoms with E-state index in [0.29, 0.717) is 0 Å². The zero-order valence-electron chi connectivity index (χ0n) is 4.28. The first-order chi connectivity index (χ1) is 4.20. The lowest BCUT2D eigenvalue weighted by Gasteiger charge is -1.89. The first kappa shape index (κ1) is 6.53. The molecule has 0 spiro atoms. The van der Waals surface area contributed by atoms with Gasteiger partial charge in [-0.1, -0.05) is 0 Å². The molecule has 4 nitrogen and oxygen atoms in total. The molecule has 0 aliphatic carbocycles. The number of halogens is 1. The van der Waals surface area contributed by atoms with Gasteiger partial charge < -0.3 is 5.11 Å². The molecule has 0 saturated carbocycles. The summed E-state index contributed by atoms with van der Waals surface area (Å²) in [6.45, 7) is 0. The van der Waals surface area contributed by atoms with Gasteiger partial charge in [-0.15, -0.1) is 0 Å². The van der Waals surface area contributed by atoms with Crippen molar-refractivity contribution >= 4 is 22.9 Å². The Balaban J connectivity index is 3.34. The first-order valence-electron chi connectivity index (χ1n) is 2.14. The Morgan fingerprint density at radius 2 is 2.44 bits per heavy atom. The van der Waals surface area contributed by atoms with E-state index in [1.165, 1.54) is 9.11 Å². The number of hydrogen-bond acceptors (Lipinski definition) is 3. The van der Waals surface area contributed by atoms with Crippen LogP contribution in [0.1, 0.15) is 0 Å². The van der Waals surface area contributed by atoms with Gasteiger partial charge in [0.25, 0.3) is 5.56 Å². The number of hydrogen-bond donors (Lipinski definition) is 1. The Morgan fingerprint density at radius 1 is 1.78 bits per heavy atom. The Hall–Kier alpha value is -0.590. The van der Waals surface area contributed by atoms with Crippen LogP contribution in [0.15, 0.2) is 17.2 Å². The maximum atomic E-state index is 10.6. The van der Waals surface area contributed by atoms with Gasteiger partial charge in [-0.05, 0) is 0 Å². The third-order valence-electron chi connectivity index (χ3n) is 0.754. The van der Waals surface area contributed by atoms with E-state index >= 15 is 0 Å². The molecular weight excluding hydrogens is 235 g/mol. The third-order valence-corrected chi connectivity index (χ3v) is 1.48. The van der Waals surface area contributed by atoms with Crippen molar-refractivity contribution in [2.24, 2.45) is 0 Å². The number of aromatic hydroxyl groups is 1. The fraction of sp³-hybridized carbons (Fsp3) is 0. The largest absolute Gasteiger partial charge is 0.493 e. The highest BCUT2D eigenvalue weighted by atomic mass is 127. The molecule has 1 heterocycles. The van der Waals surface area contributed by atoms with E-state index in [0.717, 1.165) is 6.07 Å². The Kier molecular flexibility index (Phi) is 1.70. The maximum Gasteiger partial charge on any atom is 0.266 e. The summed E-state index contributed by atoms with van der Waals surface area (Å²) in [5, 5.41) is 8.61. The summed E-state index contributed by atoms with van der Waals surface area (Å²) in [5.41, 5.74) is -0.275. The quantitative estimate of drug-likeness (QED) is 0.654. The fourth-order valence-electron chi connectivity index (χ4n) is 0.376. The molecule has 0 saturated heterocycles. The number of nitrogens with zero attached hydrogens (tertiary/aromatic N) is 2. The highest BCUT2D eigenvalue weighted by molar-refractivity contribution is 14.1. The third kappa shape index (κ3) is 1.41. The lowest BCUT2D eigenvalue weighted by atomic mass is 10.6. The van der Waals surface area contributed by atoms with Crippen molar-refractivity contribution in [3.63, 3.8) is 0 Å². The summed E-state index contributed by atoms with van der Waals surface area (Å²) in [6.07, 6.45) is 1.25. The molecule has 1 rings (SSSR count). The van der Waals surface area contributed by atoms with Crippen molar-refractivity contribution in [2.45, 2.75) is 0 Å². The van der Waals surface area contributed by atoms with Gasteiger partial charge in [0, 0.05) is 0 Å². The molecule has 1 N–H and O–H groups in total. The van der Waals surface area contributed by atoms with Crippen LogP contribution >= 0.6 is 22.9 Å². The fourth-order valence-corrected chi connectivity index (χ4v) is 0.640. The molecule has 0 amide bonds. The van der Waals surface area contributed by atoms with Crippen molar-refractivity contribution in [1.29, 1.82) is 0 Å². The van der Waals surface area contributed by atoms with Crippen LogP contribution in [-0.4, -0.2) is 12.9 Å². The van der Waals surface area contributed by atoms with Gasteiger partial charge in [-0.2, -0.15) is 0 Å². The summed E-state index contributed by atoms with van der Waals surface area (Å²) in [5.74, 6) is -0.243. The molecule has 48 valence electrons. The van der Waals surface area contributed by atoms with Crippen LogP contribution in [0.2, 0.25) is 0 Å². The van der Waals surface area contributed by atoms with Crippen molar-refractivity contribution in [3.05, 3.63) is 22.7 Å². The second-order valence-corrected chi connectivity index (χ2v) is 2.44. The van der Waals surface area contributed by atoms with Crippen LogP contribution in [0, 0.1) is 0 Å². The van der Waals surface area contributed by atoms with Crippen molar-refractivity contribution < 1.29 is 5.11 Å². The molecular formula is C4H3IN2O2. The van der Waals surface area contributed by atoms with Gasteiger partial charge in [0.1, 0.15) is 6.33 Å². The predicted molar refractivity (Wildman–Crippen MR) is 39.6 cm³/mol. The Morgan fingerprint density at radius 3 is 2.89 bits per heavy atom. The molecule has 0 radical (unpaired) electrons. The smallest absolute Gasteiger partial charge is 0.266 e. The van der Waals surface area contributed by atoms with Crippen LogP contribution in [-0.2, 0) is 0 Å². The van der Waals surface area contributed by atoms with Gasteiger partial charge in [-0.3, -0.25) is 4.79 Å². The summed E-state index contributed by atoms with van der Waals surface area (Å²) >= 11 is 1.77. The second-order valence-electron chi connectivity index (χ2n) is 1.40. The first-order valence-corrected chi connectivity index (χ1v) is 3.10. The number of aromatic nitrogens is 2. The summed E-state index contributed by atoms with van der Waals surface area (Å²) in [6, 6.07) is 1.05. The van der Waals surface area contributed by atoms with Crippen molar-refractivity contribution in [2.75, 3.05) is 0 Å². The monoisotopic (exact) mass is 238 g/mol. The molecule has 0 atom stereocenters. The molecule has 1 aromatic heterocycles. The van der Waals surface area contributed by atoms with E-state index in [4.69, 9.17) is 5.11 Å². The highest BCUT2D eigenvalue weighted by Crippen LogP contribution is 1.95. The Labute approximate surface area is 64.7 Å². The molecule has 1 aromatic rings. The minimum Gasteiger partial charge on any atom is -0.493 e. The van der Waals surface area contributed by atoms with Crippen molar-refractivity contribution in [3.8, 4) is 5.88 Å². The second kappa shape index (κ2) is 2.34. The van der Waals surface area contributed by atoms with Gasteiger partial charge in [0.15, 0.2) is 0 Å². The van der Waals surface area contributed by atoms with Crippen LogP contribution in [0.25, 0.3) is 0 Å². The minimum atomic E-state index is -0.275. The van der Waals surface area contributed by atoms with E-state index in [2.05, 4.69) is 4.98 Å². The number of rotatable bonds is 0. The summed E-state index contributed by atoms with van der Waals surface area (Å²) in [7, 11) is 0. The van der Waals surface area contributed by atoms with Crippen LogP contribution in [0.5, 0.6) is 5.88 Å². The average Bonchev–Trinajstić information content (AvgIpc) is 1.80. The minimum absolute atomic E-state index is 0.243. The molecule has 5 heteroatoms. The predicted octanol–water partition coefficient (Wildman–Crippen LogP) is 0.147. The molecule has 0 unspecified atom stereocenters. The van der Waals surface area contributed by atoms with Gasteiger partial charge in [0.2, 0.25) is 5.88 Å². The van der Waals surface area contributed by atoms with Crippen LogP contribution in [0.4, 0.5) is 0 Å². The average molecular weight is 238 g/mol. The standard InChI is InChI=1S/C4H3IN2O2/c5-7-2-6-3(8)1-4(7)9/h1-2,8H. The zero-order chi connectivity index (χ0) is 6.85. The van der Waals surface area contributed by atoms with Crippen molar-refractivity contribution in [1.82, 2.24) is 7.76 Å². The van der Waals surface area contributed by atoms with E-state index in [-0.39, 0.29) is 11.4 Å². The van der Waals surface area contributed by atoms with Gasteiger partial charge in [0.05, 0.1) is 28.9 Å². The lowest BCUT2D eigenvalue weighted by molar-refractivity contribution is 0.450. The van der Waals surface area contributed by atoms with E-state index < -0.39 is 0 Å². The van der Waals surface area contributed by atoms with Gasteiger partial charge in [-0.25, -0.2) is 7.76 Å². The Bertz CT molecular complexity index is 270. The maximum absolute atomic E-state index is 10.6. The molecule has 0 aromatic carbocycles. The molecule has 0 bridgehead atoms. The van der Waals surface area contributed by atoms with E-state index in [9.17, 15) is 4.79 Å². The molecule has 0 aliphatic heterocycles. The molecule has 9 heavy (non-hydrogen) atoms. The topological polar surface area (TPSA) is 55.1 Å².